The van der Waals surface area contributed by atoms with E-state index in [0.29, 0.717) is 9.90 Å². The van der Waals surface area contributed by atoms with Crippen LogP contribution in [0.5, 0.6) is 5.75 Å². The van der Waals surface area contributed by atoms with Gasteiger partial charge in [0, 0.05) is 23.2 Å². The maximum absolute atomic E-state index is 12.6. The first kappa shape index (κ1) is 17.9. The van der Waals surface area contributed by atoms with Crippen molar-refractivity contribution in [1.82, 2.24) is 4.98 Å². The minimum Gasteiger partial charge on any atom is -0.493 e. The highest BCUT2D eigenvalue weighted by molar-refractivity contribution is 7.17. The Morgan fingerprint density at radius 3 is 2.93 bits per heavy atom. The van der Waals surface area contributed by atoms with Crippen LogP contribution in [0, 0.1) is 6.92 Å². The number of thiazole rings is 1. The first-order valence-corrected chi connectivity index (χ1v) is 9.82. The smallest absolute Gasteiger partial charge is 0.196 e. The van der Waals surface area contributed by atoms with Gasteiger partial charge in [0.2, 0.25) is 0 Å². The molecule has 1 aliphatic heterocycles. The molecular weight excluding hydrogens is 380 g/mol. The fourth-order valence-corrected chi connectivity index (χ4v) is 4.09. The van der Waals surface area contributed by atoms with Crippen molar-refractivity contribution in [3.05, 3.63) is 69.2 Å². The fraction of sp³-hybridized carbons (Fsp3) is 0.190. The molecule has 0 aliphatic carbocycles. The molecule has 0 spiro atoms. The van der Waals surface area contributed by atoms with Gasteiger partial charge < -0.3 is 4.74 Å². The van der Waals surface area contributed by atoms with Crippen LogP contribution in [-0.4, -0.2) is 30.1 Å². The molecule has 0 atom stereocenters. The van der Waals surface area contributed by atoms with E-state index in [9.17, 15) is 4.79 Å². The number of Topliss-reactive ketones (excluding diaryl/α,β-unsaturated/α-hetero) is 1. The Kier molecular flexibility index (Phi) is 5.05. The van der Waals surface area contributed by atoms with Crippen LogP contribution < -0.4 is 4.74 Å². The lowest BCUT2D eigenvalue weighted by molar-refractivity contribution is 0.100. The highest BCUT2D eigenvalue weighted by Gasteiger charge is 2.16. The zero-order chi connectivity index (χ0) is 18.8. The highest BCUT2D eigenvalue weighted by Crippen LogP contribution is 2.29. The molecule has 0 radical (unpaired) electrons. The molecule has 0 N–H and O–H groups in total. The molecule has 0 fully saturated rings. The molecule has 2 heterocycles. The van der Waals surface area contributed by atoms with Crippen LogP contribution in [-0.2, 0) is 6.42 Å². The monoisotopic (exact) mass is 396 g/mol. The molecule has 3 aromatic rings. The lowest BCUT2D eigenvalue weighted by atomic mass is 10.1. The molecule has 0 saturated heterocycles. The number of carbonyl (C=O) groups is 1. The third-order valence-corrected chi connectivity index (χ3v) is 5.83. The van der Waals surface area contributed by atoms with Crippen LogP contribution in [0.15, 0.2) is 47.5 Å². The fourth-order valence-electron chi connectivity index (χ4n) is 2.96. The number of benzene rings is 2. The first-order valence-electron chi connectivity index (χ1n) is 8.62. The van der Waals surface area contributed by atoms with E-state index in [1.54, 1.807) is 6.21 Å². The van der Waals surface area contributed by atoms with E-state index >= 15 is 0 Å². The molecular formula is C21H17ClN2O2S. The number of aryl methyl sites for hydroxylation is 1. The molecule has 0 saturated carbocycles. The topological polar surface area (TPSA) is 51.5 Å². The first-order chi connectivity index (χ1) is 13.1. The largest absolute Gasteiger partial charge is 0.493 e. The maximum atomic E-state index is 12.6. The second-order valence-corrected chi connectivity index (χ2v) is 7.73. The number of ketones is 1. The van der Waals surface area contributed by atoms with E-state index in [4.69, 9.17) is 16.3 Å². The Morgan fingerprint density at radius 2 is 2.11 bits per heavy atom. The lowest BCUT2D eigenvalue weighted by Gasteiger charge is -1.99. The van der Waals surface area contributed by atoms with Crippen molar-refractivity contribution in [2.75, 3.05) is 13.2 Å². The molecule has 1 aromatic heterocycles. The predicted molar refractivity (Wildman–Crippen MR) is 110 cm³/mol. The van der Waals surface area contributed by atoms with Gasteiger partial charge in [-0.05, 0) is 48.4 Å². The molecule has 4 nitrogen and oxygen atoms in total. The van der Waals surface area contributed by atoms with Gasteiger partial charge in [0.25, 0.3) is 0 Å². The van der Waals surface area contributed by atoms with Crippen molar-refractivity contribution in [1.29, 1.82) is 0 Å². The van der Waals surface area contributed by atoms with Crippen molar-refractivity contribution in [2.24, 2.45) is 4.99 Å². The van der Waals surface area contributed by atoms with Gasteiger partial charge in [-0.2, -0.15) is 0 Å². The summed E-state index contributed by atoms with van der Waals surface area (Å²) in [5, 5.41) is 1.49. The second-order valence-electron chi connectivity index (χ2n) is 6.30. The Balaban J connectivity index is 1.46. The summed E-state index contributed by atoms with van der Waals surface area (Å²) < 4.78 is 5.50. The quantitative estimate of drug-likeness (QED) is 0.450. The molecule has 0 bridgehead atoms. The predicted octanol–water partition coefficient (Wildman–Crippen LogP) is 5.01. The second kappa shape index (κ2) is 7.62. The van der Waals surface area contributed by atoms with Crippen LogP contribution in [0.4, 0.5) is 0 Å². The van der Waals surface area contributed by atoms with Crippen LogP contribution in [0.2, 0.25) is 5.02 Å². The Bertz CT molecular complexity index is 1030. The van der Waals surface area contributed by atoms with Crippen molar-refractivity contribution >= 4 is 34.9 Å². The maximum Gasteiger partial charge on any atom is 0.196 e. The Morgan fingerprint density at radius 1 is 1.30 bits per heavy atom. The molecule has 136 valence electrons. The van der Waals surface area contributed by atoms with Crippen LogP contribution >= 0.6 is 22.9 Å². The van der Waals surface area contributed by atoms with Crippen LogP contribution in [0.25, 0.3) is 10.6 Å². The zero-order valence-electron chi connectivity index (χ0n) is 14.7. The standard InChI is InChI=1S/C21H17ClN2O2S/c1-13-20(27-21(24-13)15-3-5-17(22)6-4-15)18(25)12-23-11-14-2-7-19-16(10-14)8-9-26-19/h2-7,10-11H,8-9,12H2,1H3. The van der Waals surface area contributed by atoms with Gasteiger partial charge in [-0.3, -0.25) is 9.79 Å². The molecule has 0 unspecified atom stereocenters. The van der Waals surface area contributed by atoms with E-state index < -0.39 is 0 Å². The zero-order valence-corrected chi connectivity index (χ0v) is 16.3. The number of carbonyl (C=O) groups excluding carboxylic acids is 1. The summed E-state index contributed by atoms with van der Waals surface area (Å²) in [7, 11) is 0. The minimum atomic E-state index is -0.0223. The number of fused-ring (bicyclic) bond motifs is 1. The average molecular weight is 397 g/mol. The SMILES string of the molecule is Cc1nc(-c2ccc(Cl)cc2)sc1C(=O)CN=Cc1ccc2c(c1)CCO2. The van der Waals surface area contributed by atoms with Crippen molar-refractivity contribution in [2.45, 2.75) is 13.3 Å². The van der Waals surface area contributed by atoms with Crippen LogP contribution in [0.1, 0.15) is 26.5 Å². The van der Waals surface area contributed by atoms with Crippen LogP contribution in [0.3, 0.4) is 0 Å². The van der Waals surface area contributed by atoms with E-state index in [-0.39, 0.29) is 12.3 Å². The summed E-state index contributed by atoms with van der Waals surface area (Å²) in [4.78, 5) is 22.1. The van der Waals surface area contributed by atoms with Gasteiger partial charge in [0.05, 0.1) is 17.2 Å². The van der Waals surface area contributed by atoms with Gasteiger partial charge in [-0.15, -0.1) is 11.3 Å². The van der Waals surface area contributed by atoms with E-state index in [2.05, 4.69) is 16.0 Å². The van der Waals surface area contributed by atoms with E-state index in [1.165, 1.54) is 16.9 Å². The number of hydrogen-bond donors (Lipinski definition) is 0. The highest BCUT2D eigenvalue weighted by atomic mass is 35.5. The number of aromatic nitrogens is 1. The van der Waals surface area contributed by atoms with Crippen molar-refractivity contribution in [3.63, 3.8) is 0 Å². The third kappa shape index (κ3) is 3.94. The summed E-state index contributed by atoms with van der Waals surface area (Å²) in [5.41, 5.74) is 3.86. The van der Waals surface area contributed by atoms with Gasteiger partial charge in [0.1, 0.15) is 17.3 Å². The number of nitrogens with zero attached hydrogens (tertiary/aromatic N) is 2. The minimum absolute atomic E-state index is 0.0223. The molecule has 27 heavy (non-hydrogen) atoms. The number of rotatable bonds is 5. The van der Waals surface area contributed by atoms with Gasteiger partial charge >= 0.3 is 0 Å². The normalized spacial score (nSPS) is 13.0. The lowest BCUT2D eigenvalue weighted by Crippen LogP contribution is -2.03. The number of hydrogen-bond acceptors (Lipinski definition) is 5. The van der Waals surface area contributed by atoms with E-state index in [1.807, 2.05) is 43.3 Å². The summed E-state index contributed by atoms with van der Waals surface area (Å²) >= 11 is 7.33. The number of halogens is 1. The summed E-state index contributed by atoms with van der Waals surface area (Å²) in [6.45, 7) is 2.69. The number of aliphatic imine (C=N–C) groups is 1. The summed E-state index contributed by atoms with van der Waals surface area (Å²) in [6, 6.07) is 13.4. The van der Waals surface area contributed by atoms with E-state index in [0.717, 1.165) is 40.6 Å². The Labute approximate surface area is 166 Å². The average Bonchev–Trinajstić information content (AvgIpc) is 3.28. The van der Waals surface area contributed by atoms with Gasteiger partial charge in [0.15, 0.2) is 5.78 Å². The summed E-state index contributed by atoms with van der Waals surface area (Å²) in [5.74, 6) is 0.921. The van der Waals surface area contributed by atoms with Gasteiger partial charge in [-0.25, -0.2) is 4.98 Å². The molecule has 0 amide bonds. The number of ether oxygens (including phenoxy) is 1. The van der Waals surface area contributed by atoms with Crippen molar-refractivity contribution in [3.8, 4) is 16.3 Å². The molecule has 4 rings (SSSR count). The summed E-state index contributed by atoms with van der Waals surface area (Å²) in [6.07, 6.45) is 2.66. The molecule has 6 heteroatoms. The van der Waals surface area contributed by atoms with Gasteiger partial charge in [-0.1, -0.05) is 23.7 Å². The molecule has 2 aromatic carbocycles. The Hall–Kier alpha value is -2.50. The van der Waals surface area contributed by atoms with Crippen molar-refractivity contribution < 1.29 is 9.53 Å². The third-order valence-electron chi connectivity index (χ3n) is 4.33. The molecule has 1 aliphatic rings.